The third-order valence-corrected chi connectivity index (χ3v) is 9.54. The zero-order chi connectivity index (χ0) is 26.7. The predicted octanol–water partition coefficient (Wildman–Crippen LogP) is 5.80. The Bertz CT molecular complexity index is 1640. The van der Waals surface area contributed by atoms with Crippen LogP contribution in [0.3, 0.4) is 0 Å². The molecule has 6 aliphatic rings. The zero-order valence-corrected chi connectivity index (χ0v) is 20.7. The predicted molar refractivity (Wildman–Crippen MR) is 148 cm³/mol. The van der Waals surface area contributed by atoms with E-state index in [4.69, 9.17) is 0 Å². The van der Waals surface area contributed by atoms with Crippen molar-refractivity contribution in [2.24, 2.45) is 0 Å². The van der Waals surface area contributed by atoms with Crippen LogP contribution in [0, 0.1) is 13.8 Å². The van der Waals surface area contributed by atoms with Gasteiger partial charge in [-0.05, 0) is 84.7 Å². The lowest BCUT2D eigenvalue weighted by molar-refractivity contribution is 0.401. The molecule has 35 heavy (non-hydrogen) atoms. The Morgan fingerprint density at radius 1 is 0.714 bits per heavy atom. The van der Waals surface area contributed by atoms with Gasteiger partial charge >= 0.3 is 0 Å². The largest absolute Gasteiger partial charge is 0.338 e. The van der Waals surface area contributed by atoms with E-state index in [9.17, 15) is 5.48 Å². The first-order valence-corrected chi connectivity index (χ1v) is 13.7. The van der Waals surface area contributed by atoms with Gasteiger partial charge in [-0.25, -0.2) is 0 Å². The second-order valence-electron chi connectivity index (χ2n) is 11.6. The molecule has 0 bridgehead atoms. The lowest BCUT2D eigenvalue weighted by Crippen LogP contribution is -2.63. The average Bonchev–Trinajstić information content (AvgIpc) is 3.25. The van der Waals surface area contributed by atoms with E-state index >= 15 is 0 Å². The fourth-order valence-electron chi connectivity index (χ4n) is 8.35. The van der Waals surface area contributed by atoms with E-state index in [2.05, 4.69) is 66.1 Å². The van der Waals surface area contributed by atoms with Gasteiger partial charge in [0.15, 0.2) is 0 Å². The number of para-hydroxylation sites is 1. The molecule has 0 aromatic heterocycles. The zero-order valence-electron chi connectivity index (χ0n) is 24.7. The van der Waals surface area contributed by atoms with Crippen LogP contribution >= 0.6 is 0 Å². The van der Waals surface area contributed by atoms with Gasteiger partial charge < -0.3 is 9.80 Å². The number of rotatable bonds is 0. The molecule has 2 nitrogen and oxygen atoms in total. The first-order chi connectivity index (χ1) is 18.6. The maximum absolute atomic E-state index is 10.0. The van der Waals surface area contributed by atoms with Crippen molar-refractivity contribution in [1.82, 2.24) is 0 Å². The highest BCUT2D eigenvalue weighted by atomic mass is 15.2. The van der Waals surface area contributed by atoms with Crippen LogP contribution in [0.1, 0.15) is 90.9 Å². The highest BCUT2D eigenvalue weighted by molar-refractivity contribution is 7.00. The smallest absolute Gasteiger partial charge is 0.252 e. The summed E-state index contributed by atoms with van der Waals surface area (Å²) in [4.78, 5) is 4.50. The first kappa shape index (κ1) is 16.1. The quantitative estimate of drug-likeness (QED) is 0.391. The van der Waals surface area contributed by atoms with E-state index in [1.54, 1.807) is 0 Å². The van der Waals surface area contributed by atoms with Crippen LogP contribution in [0.5, 0.6) is 0 Å². The van der Waals surface area contributed by atoms with Crippen LogP contribution in [-0.4, -0.2) is 18.7 Å². The topological polar surface area (TPSA) is 6.48 Å². The molecule has 2 fully saturated rings. The Hall–Kier alpha value is -2.68. The molecule has 4 heterocycles. The summed E-state index contributed by atoms with van der Waals surface area (Å²) in [5.41, 5.74) is 12.2. The van der Waals surface area contributed by atoms with Crippen LogP contribution in [0.25, 0.3) is 0 Å². The van der Waals surface area contributed by atoms with Gasteiger partial charge in [0.05, 0.1) is 2.74 Å². The van der Waals surface area contributed by atoms with Crippen molar-refractivity contribution in [3.05, 3.63) is 64.7 Å². The highest BCUT2D eigenvalue weighted by Gasteiger charge is 2.53. The summed E-state index contributed by atoms with van der Waals surface area (Å²) in [5, 5.41) is 0. The summed E-state index contributed by atoms with van der Waals surface area (Å²) < 4.78 is 39.7. The average molecular weight is 460 g/mol. The van der Waals surface area contributed by atoms with Crippen molar-refractivity contribution < 1.29 is 5.48 Å². The Labute approximate surface area is 215 Å². The van der Waals surface area contributed by atoms with E-state index < -0.39 is 23.8 Å². The fourth-order valence-corrected chi connectivity index (χ4v) is 8.35. The molecule has 3 heteroatoms. The Kier molecular flexibility index (Phi) is 3.02. The number of anilines is 4. The van der Waals surface area contributed by atoms with Gasteiger partial charge in [0, 0.05) is 49.3 Å². The van der Waals surface area contributed by atoms with Gasteiger partial charge in [0.2, 0.25) is 0 Å². The molecule has 2 saturated carbocycles. The van der Waals surface area contributed by atoms with Gasteiger partial charge in [-0.3, -0.25) is 0 Å². The molecule has 4 aliphatic heterocycles. The molecule has 0 amide bonds. The van der Waals surface area contributed by atoms with Crippen molar-refractivity contribution in [1.29, 1.82) is 0 Å². The highest BCUT2D eigenvalue weighted by Crippen LogP contribution is 2.56. The lowest BCUT2D eigenvalue weighted by atomic mass is 9.33. The summed E-state index contributed by atoms with van der Waals surface area (Å²) in [7, 11) is 0. The van der Waals surface area contributed by atoms with Crippen molar-refractivity contribution in [3.63, 3.8) is 0 Å². The molecule has 0 spiro atoms. The molecular formula is C32H33BN2. The number of benzene rings is 3. The van der Waals surface area contributed by atoms with E-state index in [1.807, 2.05) is 0 Å². The fraction of sp³-hybridized carbons (Fsp3) is 0.438. The summed E-state index contributed by atoms with van der Waals surface area (Å²) in [6, 6.07) is 13.3. The molecule has 0 N–H and O–H groups in total. The van der Waals surface area contributed by atoms with E-state index in [0.29, 0.717) is 25.7 Å². The molecule has 2 aliphatic carbocycles. The van der Waals surface area contributed by atoms with Crippen molar-refractivity contribution >= 4 is 45.9 Å². The van der Waals surface area contributed by atoms with Crippen LogP contribution < -0.4 is 26.2 Å². The van der Waals surface area contributed by atoms with Crippen LogP contribution in [0.4, 0.5) is 22.7 Å². The van der Waals surface area contributed by atoms with Gasteiger partial charge in [-0.1, -0.05) is 61.6 Å². The summed E-state index contributed by atoms with van der Waals surface area (Å²) in [5.74, 6) is -1.93. The molecule has 174 valence electrons. The number of nitrogens with zero attached hydrogens (tertiary/aromatic N) is 2. The minimum absolute atomic E-state index is 0.0218. The second-order valence-corrected chi connectivity index (χ2v) is 11.6. The van der Waals surface area contributed by atoms with Crippen molar-refractivity contribution in [2.45, 2.75) is 89.0 Å². The molecule has 4 unspecified atom stereocenters. The monoisotopic (exact) mass is 460 g/mol. The molecular weight excluding hydrogens is 423 g/mol. The Morgan fingerprint density at radius 2 is 1.31 bits per heavy atom. The normalized spacial score (nSPS) is 38.4. The number of aryl methyl sites for hydroxylation is 2. The standard InChI is InChI=1S/C32H33BN2/c1-18-14-23-21-9-4-6-13-27(21)35-29-17-19(2)16-28-30(29)33(25(15-18)32(23)35)24-11-7-10-22-20-8-3-5-12-26(20)34(28)31(22)24/h7,10-11,14-17,20-21,26-27H,3-6,8-9,12-13H2,1-2H3/i20D,21D,26D,27D. The summed E-state index contributed by atoms with van der Waals surface area (Å²) in [6.45, 7) is 4.24. The molecule has 9 rings (SSSR count). The van der Waals surface area contributed by atoms with Crippen LogP contribution in [0.15, 0.2) is 42.5 Å². The minimum Gasteiger partial charge on any atom is -0.338 e. The van der Waals surface area contributed by atoms with Gasteiger partial charge in [-0.15, -0.1) is 0 Å². The molecule has 3 aromatic carbocycles. The number of hydrogen-bond acceptors (Lipinski definition) is 2. The van der Waals surface area contributed by atoms with Gasteiger partial charge in [-0.2, -0.15) is 0 Å². The minimum atomic E-state index is -1.06. The first-order valence-electron chi connectivity index (χ1n) is 15.7. The molecule has 3 aromatic rings. The number of fused-ring (bicyclic) bond motifs is 10. The summed E-state index contributed by atoms with van der Waals surface area (Å²) in [6.07, 6.45) is 6.70. The van der Waals surface area contributed by atoms with E-state index in [0.717, 1.165) is 70.7 Å². The maximum Gasteiger partial charge on any atom is 0.252 e. The number of hydrogen-bond donors (Lipinski definition) is 0. The lowest BCUT2D eigenvalue weighted by Gasteiger charge is -2.46. The van der Waals surface area contributed by atoms with Crippen LogP contribution in [-0.2, 0) is 0 Å². The van der Waals surface area contributed by atoms with Crippen LogP contribution in [0.2, 0.25) is 0 Å². The van der Waals surface area contributed by atoms with Crippen molar-refractivity contribution in [3.8, 4) is 0 Å². The molecule has 0 radical (unpaired) electrons. The maximum atomic E-state index is 10.0. The van der Waals surface area contributed by atoms with Crippen molar-refractivity contribution in [2.75, 3.05) is 9.80 Å². The molecule has 4 atom stereocenters. The van der Waals surface area contributed by atoms with Gasteiger partial charge in [0.25, 0.3) is 6.71 Å². The third-order valence-electron chi connectivity index (χ3n) is 9.54. The third kappa shape index (κ3) is 2.25. The second kappa shape index (κ2) is 6.55. The Balaban J connectivity index is 1.44. The van der Waals surface area contributed by atoms with E-state index in [-0.39, 0.29) is 6.71 Å². The SMILES string of the molecule is [2H]C12CCCCC1([2H])N1c3cc(C)cc4c3B(c3cccc2c31)c1cc(C)cc2c1N4C1([2H])CCCCC21[2H]. The van der Waals surface area contributed by atoms with E-state index in [1.165, 1.54) is 16.4 Å². The molecule has 0 saturated heterocycles. The Morgan fingerprint density at radius 3 is 2.03 bits per heavy atom. The summed E-state index contributed by atoms with van der Waals surface area (Å²) >= 11 is 0. The van der Waals surface area contributed by atoms with Gasteiger partial charge in [0.1, 0.15) is 0 Å².